The fourth-order valence-electron chi connectivity index (χ4n) is 2.82. The lowest BCUT2D eigenvalue weighted by Crippen LogP contribution is -2.10. The zero-order chi connectivity index (χ0) is 20.2. The standard InChI is InChI=1S/C19H19N7OS2/c1-20-29(27)14-4-6-17(28-2)16(8-14)25-19-9-18(21-11-22-19)24-13-3-5-15-12(7-13)10-23-26-15/h3-11,20H,1-2H3,(H,23,26)(H2,21,22,24,25). The van der Waals surface area contributed by atoms with E-state index in [1.165, 1.54) is 6.33 Å². The molecule has 0 spiro atoms. The highest BCUT2D eigenvalue weighted by Crippen LogP contribution is 2.30. The van der Waals surface area contributed by atoms with Crippen molar-refractivity contribution in [1.29, 1.82) is 0 Å². The van der Waals surface area contributed by atoms with Gasteiger partial charge >= 0.3 is 0 Å². The Hall–Kier alpha value is -2.95. The van der Waals surface area contributed by atoms with Gasteiger partial charge in [-0.1, -0.05) is 0 Å². The minimum absolute atomic E-state index is 0.634. The van der Waals surface area contributed by atoms with E-state index in [1.807, 2.05) is 48.7 Å². The molecule has 0 amide bonds. The summed E-state index contributed by atoms with van der Waals surface area (Å²) in [6.45, 7) is 0. The summed E-state index contributed by atoms with van der Waals surface area (Å²) in [5, 5.41) is 14.6. The monoisotopic (exact) mass is 425 g/mol. The second kappa shape index (κ2) is 8.60. The molecule has 0 fully saturated rings. The van der Waals surface area contributed by atoms with Gasteiger partial charge in [0.25, 0.3) is 0 Å². The molecular formula is C19H19N7OS2. The predicted molar refractivity (Wildman–Crippen MR) is 118 cm³/mol. The number of benzene rings is 2. The number of hydrogen-bond donors (Lipinski definition) is 4. The first-order valence-corrected chi connectivity index (χ1v) is 11.1. The van der Waals surface area contributed by atoms with Crippen LogP contribution in [-0.4, -0.2) is 37.7 Å². The highest BCUT2D eigenvalue weighted by atomic mass is 32.2. The summed E-state index contributed by atoms with van der Waals surface area (Å²) in [5.74, 6) is 1.29. The van der Waals surface area contributed by atoms with E-state index < -0.39 is 11.0 Å². The van der Waals surface area contributed by atoms with Crippen LogP contribution in [0.3, 0.4) is 0 Å². The van der Waals surface area contributed by atoms with Gasteiger partial charge in [-0.05, 0) is 49.7 Å². The lowest BCUT2D eigenvalue weighted by molar-refractivity contribution is 0.678. The molecule has 4 N–H and O–H groups in total. The molecule has 1 unspecified atom stereocenters. The Balaban J connectivity index is 1.58. The molecule has 0 bridgehead atoms. The number of aromatic nitrogens is 4. The van der Waals surface area contributed by atoms with Crippen LogP contribution >= 0.6 is 11.8 Å². The minimum atomic E-state index is -1.26. The quantitative estimate of drug-likeness (QED) is 0.334. The molecule has 4 aromatic rings. The maximum absolute atomic E-state index is 12.1. The first kappa shape index (κ1) is 19.4. The average Bonchev–Trinajstić information content (AvgIpc) is 3.21. The van der Waals surface area contributed by atoms with Crippen molar-refractivity contribution in [2.75, 3.05) is 23.9 Å². The number of rotatable bonds is 7. The van der Waals surface area contributed by atoms with Crippen molar-refractivity contribution in [3.63, 3.8) is 0 Å². The van der Waals surface area contributed by atoms with Crippen molar-refractivity contribution in [2.24, 2.45) is 0 Å². The van der Waals surface area contributed by atoms with Crippen LogP contribution in [-0.2, 0) is 11.0 Å². The number of H-pyrrole nitrogens is 1. The van der Waals surface area contributed by atoms with Crippen LogP contribution in [0.1, 0.15) is 0 Å². The number of nitrogens with one attached hydrogen (secondary N) is 4. The normalized spacial score (nSPS) is 12.1. The Morgan fingerprint density at radius 1 is 1.03 bits per heavy atom. The SMILES string of the molecule is CNS(=O)c1ccc(SC)c(Nc2cc(Nc3ccc4[nH]ncc4c3)ncn2)c1. The van der Waals surface area contributed by atoms with Gasteiger partial charge in [0.05, 0.1) is 22.3 Å². The maximum Gasteiger partial charge on any atom is 0.135 e. The van der Waals surface area contributed by atoms with Crippen LogP contribution in [0.25, 0.3) is 10.9 Å². The zero-order valence-electron chi connectivity index (χ0n) is 15.8. The summed E-state index contributed by atoms with van der Waals surface area (Å²) in [6.07, 6.45) is 5.27. The first-order valence-electron chi connectivity index (χ1n) is 8.72. The molecule has 1 atom stereocenters. The van der Waals surface area contributed by atoms with Crippen molar-refractivity contribution >= 4 is 56.7 Å². The van der Waals surface area contributed by atoms with Crippen molar-refractivity contribution in [3.8, 4) is 0 Å². The van der Waals surface area contributed by atoms with E-state index in [2.05, 4.69) is 35.5 Å². The number of anilines is 4. The lowest BCUT2D eigenvalue weighted by atomic mass is 10.2. The van der Waals surface area contributed by atoms with Crippen molar-refractivity contribution in [1.82, 2.24) is 24.9 Å². The molecule has 0 aliphatic carbocycles. The van der Waals surface area contributed by atoms with E-state index in [-0.39, 0.29) is 0 Å². The molecule has 0 saturated heterocycles. The summed E-state index contributed by atoms with van der Waals surface area (Å²) in [4.78, 5) is 10.3. The van der Waals surface area contributed by atoms with Crippen molar-refractivity contribution in [3.05, 3.63) is 55.0 Å². The molecule has 0 aliphatic rings. The van der Waals surface area contributed by atoms with E-state index in [9.17, 15) is 4.21 Å². The van der Waals surface area contributed by atoms with Gasteiger partial charge in [0, 0.05) is 22.0 Å². The van der Waals surface area contributed by atoms with Gasteiger partial charge in [-0.25, -0.2) is 18.9 Å². The predicted octanol–water partition coefficient (Wildman–Crippen LogP) is 3.80. The molecule has 0 radical (unpaired) electrons. The largest absolute Gasteiger partial charge is 0.340 e. The number of fused-ring (bicyclic) bond motifs is 1. The fourth-order valence-corrected chi connectivity index (χ4v) is 4.00. The molecule has 10 heteroatoms. The van der Waals surface area contributed by atoms with Gasteiger partial charge in [-0.15, -0.1) is 11.8 Å². The van der Waals surface area contributed by atoms with Gasteiger partial charge in [-0.2, -0.15) is 5.10 Å². The molecule has 29 heavy (non-hydrogen) atoms. The summed E-state index contributed by atoms with van der Waals surface area (Å²) >= 11 is 1.60. The molecule has 2 heterocycles. The Kier molecular flexibility index (Phi) is 5.74. The Bertz CT molecular complexity index is 1180. The van der Waals surface area contributed by atoms with E-state index in [0.717, 1.165) is 27.2 Å². The van der Waals surface area contributed by atoms with Crippen molar-refractivity contribution in [2.45, 2.75) is 9.79 Å². The molecule has 2 aromatic carbocycles. The molecule has 0 saturated carbocycles. The number of hydrogen-bond acceptors (Lipinski definition) is 7. The van der Waals surface area contributed by atoms with Crippen LogP contribution in [0.2, 0.25) is 0 Å². The third kappa shape index (κ3) is 4.39. The zero-order valence-corrected chi connectivity index (χ0v) is 17.4. The number of aromatic amines is 1. The van der Waals surface area contributed by atoms with Gasteiger partial charge in [0.15, 0.2) is 0 Å². The maximum atomic E-state index is 12.1. The van der Waals surface area contributed by atoms with E-state index >= 15 is 0 Å². The van der Waals surface area contributed by atoms with Gasteiger partial charge < -0.3 is 10.6 Å². The smallest absolute Gasteiger partial charge is 0.135 e. The van der Waals surface area contributed by atoms with Crippen LogP contribution in [0.4, 0.5) is 23.0 Å². The van der Waals surface area contributed by atoms with E-state index in [0.29, 0.717) is 16.5 Å². The van der Waals surface area contributed by atoms with E-state index in [1.54, 1.807) is 25.0 Å². The van der Waals surface area contributed by atoms with Gasteiger partial charge in [0.2, 0.25) is 0 Å². The van der Waals surface area contributed by atoms with E-state index in [4.69, 9.17) is 0 Å². The van der Waals surface area contributed by atoms with Crippen molar-refractivity contribution < 1.29 is 4.21 Å². The molecule has 4 rings (SSSR count). The summed E-state index contributed by atoms with van der Waals surface area (Å²) in [6, 6.07) is 13.4. The summed E-state index contributed by atoms with van der Waals surface area (Å²) in [5.41, 5.74) is 2.71. The molecule has 2 aromatic heterocycles. The second-order valence-corrected chi connectivity index (χ2v) is 8.31. The third-order valence-electron chi connectivity index (χ3n) is 4.21. The van der Waals surface area contributed by atoms with Crippen LogP contribution in [0.5, 0.6) is 0 Å². The molecular weight excluding hydrogens is 406 g/mol. The Morgan fingerprint density at radius 3 is 2.66 bits per heavy atom. The Morgan fingerprint density at radius 2 is 1.86 bits per heavy atom. The molecule has 148 valence electrons. The van der Waals surface area contributed by atoms with Crippen LogP contribution < -0.4 is 15.4 Å². The van der Waals surface area contributed by atoms with Gasteiger partial charge in [0.1, 0.15) is 28.9 Å². The number of thioether (sulfide) groups is 1. The highest BCUT2D eigenvalue weighted by molar-refractivity contribution is 7.98. The fraction of sp³-hybridized carbons (Fsp3) is 0.105. The van der Waals surface area contributed by atoms with Crippen LogP contribution in [0.15, 0.2) is 64.8 Å². The second-order valence-electron chi connectivity index (χ2n) is 6.05. The first-order chi connectivity index (χ1) is 14.2. The lowest BCUT2D eigenvalue weighted by Gasteiger charge is -2.13. The van der Waals surface area contributed by atoms with Crippen LogP contribution in [0, 0.1) is 0 Å². The average molecular weight is 426 g/mol. The highest BCUT2D eigenvalue weighted by Gasteiger charge is 2.09. The van der Waals surface area contributed by atoms with Gasteiger partial charge in [-0.3, -0.25) is 5.10 Å². The summed E-state index contributed by atoms with van der Waals surface area (Å²) < 4.78 is 14.8. The topological polar surface area (TPSA) is 108 Å². The minimum Gasteiger partial charge on any atom is -0.340 e. The third-order valence-corrected chi connectivity index (χ3v) is 6.06. The summed E-state index contributed by atoms with van der Waals surface area (Å²) in [7, 11) is 0.402. The number of nitrogens with zero attached hydrogens (tertiary/aromatic N) is 3. The molecule has 8 nitrogen and oxygen atoms in total. The Labute approximate surface area is 174 Å². The molecule has 0 aliphatic heterocycles.